The first-order valence-corrected chi connectivity index (χ1v) is 12.4. The average Bonchev–Trinajstić information content (AvgIpc) is 3.19. The standard InChI is InChI=1S/C24H28F9N3O4/c25-22(26,27)16-11-15(12-17(13-16)34-7-1-3-18(37)38)14-36-8-2-4-21(36)5-9-35(10-6-21)20(39)40-19(23(28,29)30)24(31,32)33/h11-13,19,34H,1-10,14H2,(H,37,38). The smallest absolute Gasteiger partial charge is 0.434 e. The van der Waals surface area contributed by atoms with Gasteiger partial charge in [0.25, 0.3) is 6.10 Å². The van der Waals surface area contributed by atoms with E-state index in [2.05, 4.69) is 10.1 Å². The second kappa shape index (κ2) is 11.9. The highest BCUT2D eigenvalue weighted by Crippen LogP contribution is 2.41. The molecule has 0 unspecified atom stereocenters. The van der Waals surface area contributed by atoms with Crippen molar-refractivity contribution in [3.8, 4) is 0 Å². The highest BCUT2D eigenvalue weighted by molar-refractivity contribution is 5.68. The number of hydrogen-bond donors (Lipinski definition) is 2. The summed E-state index contributed by atoms with van der Waals surface area (Å²) < 4.78 is 121. The minimum absolute atomic E-state index is 0.0857. The minimum atomic E-state index is -5.83. The van der Waals surface area contributed by atoms with Gasteiger partial charge >= 0.3 is 30.6 Å². The highest BCUT2D eigenvalue weighted by Gasteiger charge is 2.60. The summed E-state index contributed by atoms with van der Waals surface area (Å²) in [5.74, 6) is -1.04. The van der Waals surface area contributed by atoms with Gasteiger partial charge in [-0.2, -0.15) is 39.5 Å². The van der Waals surface area contributed by atoms with Crippen LogP contribution in [0.4, 0.5) is 50.0 Å². The largest absolute Gasteiger partial charge is 0.481 e. The molecule has 0 aromatic heterocycles. The summed E-state index contributed by atoms with van der Waals surface area (Å²) in [5, 5.41) is 11.5. The topological polar surface area (TPSA) is 82.1 Å². The molecule has 1 aromatic rings. The van der Waals surface area contributed by atoms with Crippen LogP contribution in [-0.2, 0) is 22.3 Å². The lowest BCUT2D eigenvalue weighted by Crippen LogP contribution is -2.54. The molecule has 2 fully saturated rings. The van der Waals surface area contributed by atoms with Gasteiger partial charge in [-0.15, -0.1) is 0 Å². The number of hydrogen-bond acceptors (Lipinski definition) is 5. The van der Waals surface area contributed by atoms with Gasteiger partial charge in [-0.25, -0.2) is 4.79 Å². The molecular formula is C24H28F9N3O4. The first kappa shape index (κ1) is 31.6. The molecule has 0 radical (unpaired) electrons. The molecule has 0 atom stereocenters. The second-order valence-electron chi connectivity index (χ2n) is 9.92. The van der Waals surface area contributed by atoms with E-state index in [4.69, 9.17) is 5.11 Å². The molecule has 2 heterocycles. The number of amides is 1. The molecule has 0 bridgehead atoms. The zero-order valence-corrected chi connectivity index (χ0v) is 21.1. The van der Waals surface area contributed by atoms with E-state index in [1.165, 1.54) is 6.07 Å². The molecule has 3 rings (SSSR count). The number of nitrogens with one attached hydrogen (secondary N) is 1. The third-order valence-electron chi connectivity index (χ3n) is 7.10. The number of carboxylic acids is 1. The fourth-order valence-corrected chi connectivity index (χ4v) is 5.15. The van der Waals surface area contributed by atoms with E-state index in [1.54, 1.807) is 0 Å². The molecule has 2 aliphatic heterocycles. The maximum atomic E-state index is 13.6. The summed E-state index contributed by atoms with van der Waals surface area (Å²) in [4.78, 5) is 25.5. The van der Waals surface area contributed by atoms with Crippen LogP contribution in [0.5, 0.6) is 0 Å². The van der Waals surface area contributed by atoms with Crippen LogP contribution in [0.2, 0.25) is 0 Å². The highest BCUT2D eigenvalue weighted by atomic mass is 19.4. The Labute approximate surface area is 223 Å². The molecule has 1 amide bonds. The number of anilines is 1. The fraction of sp³-hybridized carbons (Fsp3) is 0.667. The Morgan fingerprint density at radius 3 is 2.12 bits per heavy atom. The molecule has 40 heavy (non-hydrogen) atoms. The maximum absolute atomic E-state index is 13.6. The zero-order chi connectivity index (χ0) is 29.9. The lowest BCUT2D eigenvalue weighted by Gasteiger charge is -2.45. The number of alkyl halides is 9. The van der Waals surface area contributed by atoms with Crippen LogP contribution in [0.25, 0.3) is 0 Å². The number of aliphatic carboxylic acids is 1. The Hall–Kier alpha value is -2.91. The number of halogens is 9. The number of nitrogens with zero attached hydrogens (tertiary/aromatic N) is 2. The van der Waals surface area contributed by atoms with Crippen LogP contribution in [0.3, 0.4) is 0 Å². The molecule has 0 aliphatic carbocycles. The first-order chi connectivity index (χ1) is 18.4. The van der Waals surface area contributed by atoms with Crippen LogP contribution in [0.15, 0.2) is 18.2 Å². The van der Waals surface area contributed by atoms with Crippen molar-refractivity contribution in [1.29, 1.82) is 0 Å². The quantitative estimate of drug-likeness (QED) is 0.283. The Balaban J connectivity index is 1.69. The third kappa shape index (κ3) is 8.07. The van der Waals surface area contributed by atoms with Crippen molar-refractivity contribution >= 4 is 17.7 Å². The molecule has 1 spiro atoms. The number of ether oxygens (including phenoxy) is 1. The number of likely N-dealkylation sites (tertiary alicyclic amines) is 2. The molecule has 0 saturated carbocycles. The molecule has 7 nitrogen and oxygen atoms in total. The Morgan fingerprint density at radius 2 is 1.57 bits per heavy atom. The van der Waals surface area contributed by atoms with Crippen molar-refractivity contribution in [2.75, 3.05) is 31.5 Å². The maximum Gasteiger partial charge on any atom is 0.434 e. The number of benzene rings is 1. The summed E-state index contributed by atoms with van der Waals surface area (Å²) in [5.41, 5.74) is -1.03. The normalized spacial score (nSPS) is 18.4. The van der Waals surface area contributed by atoms with Gasteiger partial charge in [0.05, 0.1) is 5.56 Å². The van der Waals surface area contributed by atoms with Gasteiger partial charge in [-0.3, -0.25) is 9.69 Å². The SMILES string of the molecule is O=C(O)CCCNc1cc(CN2CCCC23CCN(C(=O)OC(C(F)(F)F)C(F)(F)F)CC3)cc(C(F)(F)F)c1. The van der Waals surface area contributed by atoms with Crippen molar-refractivity contribution in [1.82, 2.24) is 9.80 Å². The van der Waals surface area contributed by atoms with E-state index in [0.717, 1.165) is 17.0 Å². The Morgan fingerprint density at radius 1 is 0.950 bits per heavy atom. The molecule has 16 heteroatoms. The van der Waals surface area contributed by atoms with Crippen molar-refractivity contribution in [2.24, 2.45) is 0 Å². The number of rotatable bonds is 8. The van der Waals surface area contributed by atoms with Crippen molar-refractivity contribution in [2.45, 2.75) is 75.2 Å². The Bertz CT molecular complexity index is 1040. The van der Waals surface area contributed by atoms with Crippen molar-refractivity contribution in [3.05, 3.63) is 29.3 Å². The molecule has 2 N–H and O–H groups in total. The number of piperidine rings is 1. The van der Waals surface area contributed by atoms with Gasteiger partial charge in [0.15, 0.2) is 0 Å². The van der Waals surface area contributed by atoms with E-state index in [1.807, 2.05) is 4.90 Å². The van der Waals surface area contributed by atoms with E-state index < -0.39 is 47.8 Å². The number of carbonyl (C=O) groups excluding carboxylic acids is 1. The lowest BCUT2D eigenvalue weighted by atomic mass is 9.85. The predicted molar refractivity (Wildman–Crippen MR) is 122 cm³/mol. The monoisotopic (exact) mass is 593 g/mol. The zero-order valence-electron chi connectivity index (χ0n) is 21.1. The summed E-state index contributed by atoms with van der Waals surface area (Å²) in [6.07, 6.45) is -20.6. The number of carbonyl (C=O) groups is 2. The van der Waals surface area contributed by atoms with Crippen molar-refractivity contribution in [3.63, 3.8) is 0 Å². The van der Waals surface area contributed by atoms with E-state index >= 15 is 0 Å². The molecule has 1 aromatic carbocycles. The summed E-state index contributed by atoms with van der Waals surface area (Å²) in [6, 6.07) is 3.43. The predicted octanol–water partition coefficient (Wildman–Crippen LogP) is 6.04. The van der Waals surface area contributed by atoms with Crippen LogP contribution < -0.4 is 5.32 Å². The first-order valence-electron chi connectivity index (χ1n) is 12.4. The summed E-state index contributed by atoms with van der Waals surface area (Å²) in [7, 11) is 0. The average molecular weight is 593 g/mol. The third-order valence-corrected chi connectivity index (χ3v) is 7.10. The van der Waals surface area contributed by atoms with Gasteiger partial charge in [0, 0.05) is 43.8 Å². The lowest BCUT2D eigenvalue weighted by molar-refractivity contribution is -0.308. The van der Waals surface area contributed by atoms with E-state index in [9.17, 15) is 49.1 Å². The minimum Gasteiger partial charge on any atom is -0.481 e. The van der Waals surface area contributed by atoms with Crippen LogP contribution in [0.1, 0.15) is 49.7 Å². The van der Waals surface area contributed by atoms with Gasteiger partial charge in [-0.1, -0.05) is 0 Å². The molecule has 2 saturated heterocycles. The van der Waals surface area contributed by atoms with Gasteiger partial charge in [0.1, 0.15) is 0 Å². The molecule has 2 aliphatic rings. The van der Waals surface area contributed by atoms with Crippen LogP contribution in [0, 0.1) is 0 Å². The Kier molecular flexibility index (Phi) is 9.41. The summed E-state index contributed by atoms with van der Waals surface area (Å²) >= 11 is 0. The van der Waals surface area contributed by atoms with Gasteiger partial charge < -0.3 is 20.1 Å². The van der Waals surface area contributed by atoms with E-state index in [-0.39, 0.29) is 57.5 Å². The van der Waals surface area contributed by atoms with Gasteiger partial charge in [0.2, 0.25) is 0 Å². The molecule has 226 valence electrons. The van der Waals surface area contributed by atoms with Crippen LogP contribution in [-0.4, -0.2) is 77.1 Å². The van der Waals surface area contributed by atoms with Gasteiger partial charge in [-0.05, 0) is 62.4 Å². The van der Waals surface area contributed by atoms with E-state index in [0.29, 0.717) is 24.9 Å². The summed E-state index contributed by atoms with van der Waals surface area (Å²) in [6.45, 7) is 0.346. The van der Waals surface area contributed by atoms with Crippen molar-refractivity contribution < 1.29 is 58.9 Å². The van der Waals surface area contributed by atoms with Crippen LogP contribution >= 0.6 is 0 Å². The molecular weight excluding hydrogens is 565 g/mol. The second-order valence-corrected chi connectivity index (χ2v) is 9.92. The number of carboxylic acid groups (broad SMARTS) is 1. The fourth-order valence-electron chi connectivity index (χ4n) is 5.15.